The number of halogens is 4. The predicted molar refractivity (Wildman–Crippen MR) is 58.5 cm³/mol. The Morgan fingerprint density at radius 2 is 2.00 bits per heavy atom. The second-order valence-corrected chi connectivity index (χ2v) is 4.16. The summed E-state index contributed by atoms with van der Waals surface area (Å²) in [5.74, 6) is -0.190. The fourth-order valence-corrected chi connectivity index (χ4v) is 1.53. The molecule has 2 N–H and O–H groups in total. The van der Waals surface area contributed by atoms with Crippen molar-refractivity contribution in [2.75, 3.05) is 5.73 Å². The van der Waals surface area contributed by atoms with Crippen LogP contribution in [0.5, 0.6) is 0 Å². The molecular weight excluding hydrogens is 301 g/mol. The Balaban J connectivity index is 2.52. The average Bonchev–Trinajstić information content (AvgIpc) is 2.62. The number of hydrogen-bond donors (Lipinski definition) is 1. The van der Waals surface area contributed by atoms with Crippen LogP contribution in [-0.2, 0) is 6.18 Å². The van der Waals surface area contributed by atoms with Crippen LogP contribution in [0.4, 0.5) is 19.0 Å². The van der Waals surface area contributed by atoms with Gasteiger partial charge in [0.25, 0.3) is 0 Å². The zero-order valence-electron chi connectivity index (χ0n) is 8.24. The van der Waals surface area contributed by atoms with Crippen LogP contribution in [0.15, 0.2) is 29.0 Å². The summed E-state index contributed by atoms with van der Waals surface area (Å²) in [5.41, 5.74) is 4.48. The molecule has 0 unspecified atom stereocenters. The Hall–Kier alpha value is -1.57. The summed E-state index contributed by atoms with van der Waals surface area (Å²) in [6.07, 6.45) is -1.53. The molecule has 2 aromatic rings. The monoisotopic (exact) mass is 306 g/mol. The van der Waals surface area contributed by atoms with Gasteiger partial charge in [-0.1, -0.05) is 0 Å². The van der Waals surface area contributed by atoms with E-state index in [0.717, 1.165) is 12.1 Å². The van der Waals surface area contributed by atoms with Crippen LogP contribution < -0.4 is 5.73 Å². The first-order valence-corrected chi connectivity index (χ1v) is 5.21. The maximum Gasteiger partial charge on any atom is 0.416 e. The van der Waals surface area contributed by atoms with Crippen molar-refractivity contribution in [1.29, 1.82) is 0 Å². The Kier molecular flexibility index (Phi) is 2.82. The minimum atomic E-state index is -4.46. The molecule has 90 valence electrons. The van der Waals surface area contributed by atoms with Crippen LogP contribution in [0.1, 0.15) is 5.56 Å². The molecule has 0 fully saturated rings. The maximum atomic E-state index is 12.5. The number of rotatable bonds is 1. The van der Waals surface area contributed by atoms with Gasteiger partial charge in [-0.05, 0) is 28.1 Å². The van der Waals surface area contributed by atoms with E-state index < -0.39 is 11.7 Å². The third-order valence-corrected chi connectivity index (χ3v) is 2.35. The van der Waals surface area contributed by atoms with Crippen LogP contribution in [0.3, 0.4) is 0 Å². The quantitative estimate of drug-likeness (QED) is 0.881. The molecule has 0 aliphatic rings. The van der Waals surface area contributed by atoms with Crippen molar-refractivity contribution in [1.82, 2.24) is 14.8 Å². The molecule has 0 radical (unpaired) electrons. The van der Waals surface area contributed by atoms with Crippen molar-refractivity contribution in [2.24, 2.45) is 0 Å². The van der Waals surface area contributed by atoms with Crippen LogP contribution in [0.2, 0.25) is 0 Å². The highest BCUT2D eigenvalue weighted by Gasteiger charge is 2.31. The first kappa shape index (κ1) is 11.9. The lowest BCUT2D eigenvalue weighted by atomic mass is 10.2. The molecule has 0 aliphatic heterocycles. The first-order valence-electron chi connectivity index (χ1n) is 4.41. The van der Waals surface area contributed by atoms with E-state index in [1.165, 1.54) is 17.1 Å². The largest absolute Gasteiger partial charge is 0.416 e. The van der Waals surface area contributed by atoms with Gasteiger partial charge in [-0.3, -0.25) is 0 Å². The van der Waals surface area contributed by atoms with Crippen molar-refractivity contribution >= 4 is 21.7 Å². The van der Waals surface area contributed by atoms with Gasteiger partial charge in [0.15, 0.2) is 5.82 Å². The minimum absolute atomic E-state index is 0.0167. The van der Waals surface area contributed by atoms with Gasteiger partial charge in [-0.2, -0.15) is 18.3 Å². The third kappa shape index (κ3) is 2.57. The van der Waals surface area contributed by atoms with Crippen molar-refractivity contribution < 1.29 is 13.2 Å². The number of alkyl halides is 3. The molecule has 2 rings (SSSR count). The number of anilines is 1. The van der Waals surface area contributed by atoms with Gasteiger partial charge in [-0.25, -0.2) is 9.67 Å². The molecule has 0 aromatic carbocycles. The lowest BCUT2D eigenvalue weighted by Gasteiger charge is -2.09. The highest BCUT2D eigenvalue weighted by atomic mass is 79.9. The lowest BCUT2D eigenvalue weighted by Crippen LogP contribution is -2.09. The SMILES string of the molecule is Nc1cc(C(F)(F)F)cc(-n2cc(Br)cn2)n1. The second-order valence-electron chi connectivity index (χ2n) is 3.24. The van der Waals surface area contributed by atoms with Crippen molar-refractivity contribution in [3.05, 3.63) is 34.6 Å². The Labute approximate surface area is 102 Å². The molecular formula is C9H6BrF3N4. The van der Waals surface area contributed by atoms with E-state index in [1.807, 2.05) is 0 Å². The fourth-order valence-electron chi connectivity index (χ4n) is 1.24. The first-order chi connectivity index (χ1) is 7.86. The highest BCUT2D eigenvalue weighted by molar-refractivity contribution is 9.10. The molecule has 8 heteroatoms. The van der Waals surface area contributed by atoms with Crippen LogP contribution >= 0.6 is 15.9 Å². The van der Waals surface area contributed by atoms with E-state index in [0.29, 0.717) is 4.47 Å². The molecule has 0 amide bonds. The molecule has 2 aromatic heterocycles. The van der Waals surface area contributed by atoms with E-state index in [1.54, 1.807) is 0 Å². The Bertz CT molecular complexity index is 549. The van der Waals surface area contributed by atoms with Gasteiger partial charge in [0.1, 0.15) is 5.82 Å². The molecule has 0 aliphatic carbocycles. The van der Waals surface area contributed by atoms with Crippen LogP contribution in [-0.4, -0.2) is 14.8 Å². The standard InChI is InChI=1S/C9H6BrF3N4/c10-6-3-15-17(4-6)8-2-5(9(11,12)13)1-7(14)16-8/h1-4H,(H2,14,16). The molecule has 2 heterocycles. The molecule has 0 saturated carbocycles. The van der Waals surface area contributed by atoms with Crippen LogP contribution in [0.25, 0.3) is 5.82 Å². The molecule has 0 spiro atoms. The van der Waals surface area contributed by atoms with E-state index >= 15 is 0 Å². The zero-order valence-corrected chi connectivity index (χ0v) is 9.83. The summed E-state index contributed by atoms with van der Waals surface area (Å²) < 4.78 is 39.5. The molecule has 0 saturated heterocycles. The van der Waals surface area contributed by atoms with Gasteiger partial charge in [0.2, 0.25) is 0 Å². The molecule has 0 bridgehead atoms. The van der Waals surface area contributed by atoms with Gasteiger partial charge >= 0.3 is 6.18 Å². The van der Waals surface area contributed by atoms with Gasteiger partial charge in [0, 0.05) is 6.20 Å². The summed E-state index contributed by atoms with van der Waals surface area (Å²) in [7, 11) is 0. The molecule has 17 heavy (non-hydrogen) atoms. The highest BCUT2D eigenvalue weighted by Crippen LogP contribution is 2.31. The number of pyridine rings is 1. The van der Waals surface area contributed by atoms with E-state index in [2.05, 4.69) is 26.0 Å². The summed E-state index contributed by atoms with van der Waals surface area (Å²) in [6.45, 7) is 0. The zero-order chi connectivity index (χ0) is 12.6. The fraction of sp³-hybridized carbons (Fsp3) is 0.111. The van der Waals surface area contributed by atoms with Crippen molar-refractivity contribution in [2.45, 2.75) is 6.18 Å². The Morgan fingerprint density at radius 3 is 2.53 bits per heavy atom. The van der Waals surface area contributed by atoms with Crippen LogP contribution in [0, 0.1) is 0 Å². The van der Waals surface area contributed by atoms with Crippen molar-refractivity contribution in [3.8, 4) is 5.82 Å². The van der Waals surface area contributed by atoms with E-state index in [4.69, 9.17) is 5.73 Å². The summed E-state index contributed by atoms with van der Waals surface area (Å²) in [4.78, 5) is 3.79. The Morgan fingerprint density at radius 1 is 1.29 bits per heavy atom. The minimum Gasteiger partial charge on any atom is -0.384 e. The third-order valence-electron chi connectivity index (χ3n) is 1.94. The summed E-state index contributed by atoms with van der Waals surface area (Å²) in [5, 5.41) is 3.83. The lowest BCUT2D eigenvalue weighted by molar-refractivity contribution is -0.137. The normalized spacial score (nSPS) is 11.8. The van der Waals surface area contributed by atoms with Crippen molar-refractivity contribution in [3.63, 3.8) is 0 Å². The van der Waals surface area contributed by atoms with Gasteiger partial charge < -0.3 is 5.73 Å². The molecule has 0 atom stereocenters. The van der Waals surface area contributed by atoms with Gasteiger partial charge in [-0.15, -0.1) is 0 Å². The number of hydrogen-bond acceptors (Lipinski definition) is 3. The van der Waals surface area contributed by atoms with Gasteiger partial charge in [0.05, 0.1) is 16.2 Å². The average molecular weight is 307 g/mol. The maximum absolute atomic E-state index is 12.5. The smallest absolute Gasteiger partial charge is 0.384 e. The second kappa shape index (κ2) is 4.02. The topological polar surface area (TPSA) is 56.7 Å². The van der Waals surface area contributed by atoms with E-state index in [9.17, 15) is 13.2 Å². The number of nitrogens with two attached hydrogens (primary N) is 1. The summed E-state index contributed by atoms with van der Waals surface area (Å²) >= 11 is 3.14. The van der Waals surface area contributed by atoms with E-state index in [-0.39, 0.29) is 11.6 Å². The molecule has 4 nitrogen and oxygen atoms in total. The number of nitrogens with zero attached hydrogens (tertiary/aromatic N) is 3. The summed E-state index contributed by atoms with van der Waals surface area (Å²) in [6, 6.07) is 1.66. The number of aromatic nitrogens is 3. The predicted octanol–water partition coefficient (Wildman–Crippen LogP) is 2.63. The number of nitrogen functional groups attached to an aromatic ring is 1.